The predicted molar refractivity (Wildman–Crippen MR) is 104 cm³/mol. The fourth-order valence-electron chi connectivity index (χ4n) is 2.59. The maximum atomic E-state index is 12.5. The molecule has 0 saturated carbocycles. The van der Waals surface area contributed by atoms with E-state index >= 15 is 0 Å². The quantitative estimate of drug-likeness (QED) is 0.480. The van der Waals surface area contributed by atoms with E-state index in [9.17, 15) is 14.4 Å². The van der Waals surface area contributed by atoms with Crippen molar-refractivity contribution in [3.05, 3.63) is 71.4 Å². The molecule has 2 aromatic carbocycles. The molecule has 7 nitrogen and oxygen atoms in total. The average molecular weight is 380 g/mol. The first-order valence-electron chi connectivity index (χ1n) is 8.65. The third-order valence-electron chi connectivity index (χ3n) is 4.02. The number of carbonyl (C=O) groups is 3. The number of anilines is 2. The van der Waals surface area contributed by atoms with Gasteiger partial charge in [0.15, 0.2) is 5.57 Å². The monoisotopic (exact) mass is 380 g/mol. The first-order valence-corrected chi connectivity index (χ1v) is 8.65. The number of benzene rings is 2. The van der Waals surface area contributed by atoms with Crippen LogP contribution in [-0.4, -0.2) is 23.6 Å². The van der Waals surface area contributed by atoms with Crippen LogP contribution in [0.4, 0.5) is 11.4 Å². The number of ether oxygens (including phenoxy) is 2. The molecule has 0 atom stereocenters. The minimum absolute atomic E-state index is 0.255. The van der Waals surface area contributed by atoms with Crippen LogP contribution in [0.2, 0.25) is 0 Å². The van der Waals surface area contributed by atoms with E-state index in [0.717, 1.165) is 11.3 Å². The first kappa shape index (κ1) is 19.2. The summed E-state index contributed by atoms with van der Waals surface area (Å²) in [7, 11) is 0. The van der Waals surface area contributed by atoms with Crippen molar-refractivity contribution in [1.29, 1.82) is 0 Å². The summed E-state index contributed by atoms with van der Waals surface area (Å²) in [6.07, 6.45) is 1.21. The summed E-state index contributed by atoms with van der Waals surface area (Å²) in [5, 5.41) is 5.68. The standard InChI is InChI=1S/C21H20N2O5/c1-13-7-4-5-10-17(13)23-18(24)14-8-6-9-15(11-14)22-12-16-19(25)27-21(2,3)28-20(16)26/h4-12,22H,1-3H3,(H,23,24). The molecule has 0 spiro atoms. The lowest BCUT2D eigenvalue weighted by atomic mass is 10.1. The minimum Gasteiger partial charge on any atom is -0.419 e. The zero-order valence-corrected chi connectivity index (χ0v) is 15.7. The van der Waals surface area contributed by atoms with Crippen LogP contribution < -0.4 is 10.6 Å². The van der Waals surface area contributed by atoms with Crippen molar-refractivity contribution < 1.29 is 23.9 Å². The summed E-state index contributed by atoms with van der Waals surface area (Å²) in [5.74, 6) is -3.12. The Morgan fingerprint density at radius 2 is 1.68 bits per heavy atom. The summed E-state index contributed by atoms with van der Waals surface area (Å²) in [6, 6.07) is 14.1. The Bertz CT molecular complexity index is 956. The Balaban J connectivity index is 1.73. The summed E-state index contributed by atoms with van der Waals surface area (Å²) in [6.45, 7) is 4.86. The van der Waals surface area contributed by atoms with E-state index in [1.165, 1.54) is 20.0 Å². The third-order valence-corrected chi connectivity index (χ3v) is 4.02. The molecule has 1 fully saturated rings. The lowest BCUT2D eigenvalue weighted by Gasteiger charge is -2.29. The predicted octanol–water partition coefficient (Wildman–Crippen LogP) is 3.38. The van der Waals surface area contributed by atoms with Gasteiger partial charge < -0.3 is 20.1 Å². The molecule has 1 heterocycles. The SMILES string of the molecule is Cc1ccccc1NC(=O)c1cccc(NC=C2C(=O)OC(C)(C)OC2=O)c1. The van der Waals surface area contributed by atoms with E-state index in [4.69, 9.17) is 9.47 Å². The Hall–Kier alpha value is -3.61. The molecule has 3 rings (SSSR count). The molecule has 1 saturated heterocycles. The number of rotatable bonds is 4. The Kier molecular flexibility index (Phi) is 5.17. The number of amides is 1. The highest BCUT2D eigenvalue weighted by Crippen LogP contribution is 2.23. The highest BCUT2D eigenvalue weighted by Gasteiger charge is 2.38. The van der Waals surface area contributed by atoms with Crippen molar-refractivity contribution in [2.45, 2.75) is 26.6 Å². The van der Waals surface area contributed by atoms with E-state index < -0.39 is 17.7 Å². The van der Waals surface area contributed by atoms with Crippen LogP contribution >= 0.6 is 0 Å². The van der Waals surface area contributed by atoms with Gasteiger partial charge in [-0.1, -0.05) is 24.3 Å². The van der Waals surface area contributed by atoms with Crippen LogP contribution in [0.5, 0.6) is 0 Å². The maximum Gasteiger partial charge on any atom is 0.350 e. The molecule has 0 radical (unpaired) electrons. The molecule has 7 heteroatoms. The van der Waals surface area contributed by atoms with Gasteiger partial charge in [-0.2, -0.15) is 0 Å². The molecule has 28 heavy (non-hydrogen) atoms. The second kappa shape index (κ2) is 7.56. The largest absolute Gasteiger partial charge is 0.419 e. The van der Waals surface area contributed by atoms with E-state index in [-0.39, 0.29) is 11.5 Å². The number of cyclic esters (lactones) is 2. The van der Waals surface area contributed by atoms with Gasteiger partial charge in [-0.05, 0) is 36.8 Å². The van der Waals surface area contributed by atoms with Crippen molar-refractivity contribution in [2.24, 2.45) is 0 Å². The third kappa shape index (κ3) is 4.37. The molecule has 144 valence electrons. The molecule has 1 aliphatic rings. The van der Waals surface area contributed by atoms with Gasteiger partial charge in [0.05, 0.1) is 0 Å². The minimum atomic E-state index is -1.29. The van der Waals surface area contributed by atoms with Crippen LogP contribution in [0.15, 0.2) is 60.3 Å². The van der Waals surface area contributed by atoms with Crippen LogP contribution in [-0.2, 0) is 19.1 Å². The molecule has 1 aliphatic heterocycles. The van der Waals surface area contributed by atoms with Crippen molar-refractivity contribution >= 4 is 29.2 Å². The molecular weight excluding hydrogens is 360 g/mol. The molecule has 1 amide bonds. The average Bonchev–Trinajstić information content (AvgIpc) is 2.62. The summed E-state index contributed by atoms with van der Waals surface area (Å²) in [4.78, 5) is 36.4. The number of nitrogens with one attached hydrogen (secondary N) is 2. The Labute approximate surface area is 162 Å². The Morgan fingerprint density at radius 3 is 2.36 bits per heavy atom. The van der Waals surface area contributed by atoms with Gasteiger partial charge in [0.2, 0.25) is 0 Å². The van der Waals surface area contributed by atoms with E-state index in [2.05, 4.69) is 10.6 Å². The number of aryl methyl sites for hydroxylation is 1. The lowest BCUT2D eigenvalue weighted by molar-refractivity contribution is -0.222. The van der Waals surface area contributed by atoms with Crippen LogP contribution in [0.1, 0.15) is 29.8 Å². The number of hydrogen-bond acceptors (Lipinski definition) is 6. The second-order valence-corrected chi connectivity index (χ2v) is 6.73. The van der Waals surface area contributed by atoms with Crippen molar-refractivity contribution in [3.63, 3.8) is 0 Å². The molecule has 2 N–H and O–H groups in total. The fourth-order valence-corrected chi connectivity index (χ4v) is 2.59. The molecule has 0 bridgehead atoms. The first-order chi connectivity index (χ1) is 13.2. The topological polar surface area (TPSA) is 93.7 Å². The van der Waals surface area contributed by atoms with Crippen LogP contribution in [0, 0.1) is 6.92 Å². The Morgan fingerprint density at radius 1 is 1.00 bits per heavy atom. The van der Waals surface area contributed by atoms with Crippen molar-refractivity contribution in [2.75, 3.05) is 10.6 Å². The highest BCUT2D eigenvalue weighted by atomic mass is 16.7. The zero-order valence-electron chi connectivity index (χ0n) is 15.7. The van der Waals surface area contributed by atoms with Gasteiger partial charge in [0.1, 0.15) is 0 Å². The molecule has 2 aromatic rings. The smallest absolute Gasteiger partial charge is 0.350 e. The van der Waals surface area contributed by atoms with Gasteiger partial charge >= 0.3 is 11.9 Å². The normalized spacial score (nSPS) is 15.3. The molecule has 0 aromatic heterocycles. The maximum absolute atomic E-state index is 12.5. The van der Waals surface area contributed by atoms with Gasteiger partial charge in [0.25, 0.3) is 11.7 Å². The number of para-hydroxylation sites is 1. The summed E-state index contributed by atoms with van der Waals surface area (Å²) >= 11 is 0. The molecule has 0 unspecified atom stereocenters. The van der Waals surface area contributed by atoms with Gasteiger partial charge in [0, 0.05) is 37.0 Å². The van der Waals surface area contributed by atoms with Gasteiger partial charge in [-0.25, -0.2) is 9.59 Å². The summed E-state index contributed by atoms with van der Waals surface area (Å²) in [5.41, 5.74) is 2.36. The fraction of sp³-hybridized carbons (Fsp3) is 0.190. The molecular formula is C21H20N2O5. The van der Waals surface area contributed by atoms with E-state index in [1.807, 2.05) is 31.2 Å². The van der Waals surface area contributed by atoms with Crippen molar-refractivity contribution in [1.82, 2.24) is 0 Å². The van der Waals surface area contributed by atoms with E-state index in [1.54, 1.807) is 24.3 Å². The number of hydrogen-bond donors (Lipinski definition) is 2. The number of esters is 2. The second-order valence-electron chi connectivity index (χ2n) is 6.73. The van der Waals surface area contributed by atoms with Gasteiger partial charge in [-0.15, -0.1) is 0 Å². The summed E-state index contributed by atoms with van der Waals surface area (Å²) < 4.78 is 10.1. The van der Waals surface area contributed by atoms with Crippen LogP contribution in [0.25, 0.3) is 0 Å². The lowest BCUT2D eigenvalue weighted by Crippen LogP contribution is -2.42. The van der Waals surface area contributed by atoms with Gasteiger partial charge in [-0.3, -0.25) is 4.79 Å². The highest BCUT2D eigenvalue weighted by molar-refractivity contribution is 6.15. The zero-order chi connectivity index (χ0) is 20.3. The van der Waals surface area contributed by atoms with E-state index in [0.29, 0.717) is 11.3 Å². The number of carbonyl (C=O) groups excluding carboxylic acids is 3. The van der Waals surface area contributed by atoms with Crippen LogP contribution in [0.3, 0.4) is 0 Å². The van der Waals surface area contributed by atoms with Crippen molar-refractivity contribution in [3.8, 4) is 0 Å². The molecule has 0 aliphatic carbocycles.